The van der Waals surface area contributed by atoms with Crippen LogP contribution in [0.1, 0.15) is 40.5 Å². The lowest BCUT2D eigenvalue weighted by Gasteiger charge is -2.31. The van der Waals surface area contributed by atoms with Crippen molar-refractivity contribution in [3.05, 3.63) is 11.1 Å². The van der Waals surface area contributed by atoms with Crippen molar-refractivity contribution < 1.29 is 4.79 Å². The number of carbonyl (C=O) groups is 1. The molecule has 3 atom stereocenters. The minimum atomic E-state index is 0.209. The number of hydrogen-bond acceptors (Lipinski definition) is 1. The lowest BCUT2D eigenvalue weighted by atomic mass is 9.72. The van der Waals surface area contributed by atoms with E-state index in [0.717, 1.165) is 6.42 Å². The Bertz CT molecular complexity index is 300. The van der Waals surface area contributed by atoms with Gasteiger partial charge in [-0.3, -0.25) is 4.79 Å². The fourth-order valence-electron chi connectivity index (χ4n) is 3.40. The molecule has 0 radical (unpaired) electrons. The zero-order valence-corrected chi connectivity index (χ0v) is 8.98. The molecule has 72 valence electrons. The SMILES string of the molecule is CC(=O)C1C[C@@H]2CC1(C)C(C)=C2C. The molecule has 0 aliphatic heterocycles. The van der Waals surface area contributed by atoms with Gasteiger partial charge in [-0.05, 0) is 44.9 Å². The lowest BCUT2D eigenvalue weighted by Crippen LogP contribution is -2.29. The Balaban J connectivity index is 2.41. The molecule has 1 fully saturated rings. The number of hydrogen-bond donors (Lipinski definition) is 0. The van der Waals surface area contributed by atoms with E-state index < -0.39 is 0 Å². The molecule has 1 heteroatoms. The highest BCUT2D eigenvalue weighted by atomic mass is 16.1. The summed E-state index contributed by atoms with van der Waals surface area (Å²) in [6, 6.07) is 0. The average molecular weight is 178 g/mol. The molecule has 1 nitrogen and oxygen atoms in total. The maximum Gasteiger partial charge on any atom is 0.133 e. The molecular formula is C12H18O. The Morgan fingerprint density at radius 1 is 1.46 bits per heavy atom. The number of allylic oxidation sites excluding steroid dienone is 2. The van der Waals surface area contributed by atoms with Crippen LogP contribution in [0.2, 0.25) is 0 Å². The van der Waals surface area contributed by atoms with Gasteiger partial charge in [-0.1, -0.05) is 18.1 Å². The minimum Gasteiger partial charge on any atom is -0.300 e. The van der Waals surface area contributed by atoms with Crippen LogP contribution in [0.25, 0.3) is 0 Å². The Morgan fingerprint density at radius 3 is 2.46 bits per heavy atom. The Kier molecular flexibility index (Phi) is 1.70. The van der Waals surface area contributed by atoms with E-state index in [-0.39, 0.29) is 5.41 Å². The van der Waals surface area contributed by atoms with Crippen molar-refractivity contribution in [2.45, 2.75) is 40.5 Å². The van der Waals surface area contributed by atoms with Crippen molar-refractivity contribution in [3.63, 3.8) is 0 Å². The summed E-state index contributed by atoms with van der Waals surface area (Å²) in [5, 5.41) is 0. The minimum absolute atomic E-state index is 0.209. The van der Waals surface area contributed by atoms with E-state index >= 15 is 0 Å². The molecule has 2 bridgehead atoms. The molecule has 0 spiro atoms. The number of rotatable bonds is 1. The van der Waals surface area contributed by atoms with Crippen LogP contribution in [-0.2, 0) is 4.79 Å². The third kappa shape index (κ3) is 0.962. The van der Waals surface area contributed by atoms with Gasteiger partial charge in [0.2, 0.25) is 0 Å². The van der Waals surface area contributed by atoms with Crippen molar-refractivity contribution in [2.75, 3.05) is 0 Å². The molecule has 0 amide bonds. The third-order valence-corrected chi connectivity index (χ3v) is 4.51. The number of ketones is 1. The summed E-state index contributed by atoms with van der Waals surface area (Å²) >= 11 is 0. The van der Waals surface area contributed by atoms with Crippen LogP contribution < -0.4 is 0 Å². The zero-order chi connectivity index (χ0) is 9.80. The monoisotopic (exact) mass is 178 g/mol. The van der Waals surface area contributed by atoms with E-state index in [1.807, 2.05) is 0 Å². The predicted molar refractivity (Wildman–Crippen MR) is 53.4 cm³/mol. The van der Waals surface area contributed by atoms with E-state index in [9.17, 15) is 4.79 Å². The van der Waals surface area contributed by atoms with Crippen LogP contribution in [-0.4, -0.2) is 5.78 Å². The molecule has 13 heavy (non-hydrogen) atoms. The molecular weight excluding hydrogens is 160 g/mol. The normalized spacial score (nSPS) is 43.1. The topological polar surface area (TPSA) is 17.1 Å². The molecule has 0 aromatic carbocycles. The summed E-state index contributed by atoms with van der Waals surface area (Å²) in [7, 11) is 0. The van der Waals surface area contributed by atoms with Crippen molar-refractivity contribution in [2.24, 2.45) is 17.3 Å². The maximum atomic E-state index is 11.5. The summed E-state index contributed by atoms with van der Waals surface area (Å²) in [6.07, 6.45) is 2.32. The van der Waals surface area contributed by atoms with Gasteiger partial charge in [-0.2, -0.15) is 0 Å². The summed E-state index contributed by atoms with van der Waals surface area (Å²) in [5.74, 6) is 1.40. The fourth-order valence-corrected chi connectivity index (χ4v) is 3.40. The first-order valence-corrected chi connectivity index (χ1v) is 5.15. The van der Waals surface area contributed by atoms with Crippen LogP contribution in [0.4, 0.5) is 0 Å². The van der Waals surface area contributed by atoms with Gasteiger partial charge in [0.15, 0.2) is 0 Å². The fraction of sp³-hybridized carbons (Fsp3) is 0.750. The molecule has 0 N–H and O–H groups in total. The molecule has 0 aromatic rings. The van der Waals surface area contributed by atoms with Crippen LogP contribution in [0, 0.1) is 17.3 Å². The zero-order valence-electron chi connectivity index (χ0n) is 8.98. The van der Waals surface area contributed by atoms with Crippen LogP contribution >= 0.6 is 0 Å². The van der Waals surface area contributed by atoms with Crippen molar-refractivity contribution in [1.82, 2.24) is 0 Å². The quantitative estimate of drug-likeness (QED) is 0.564. The molecule has 2 aliphatic rings. The summed E-state index contributed by atoms with van der Waals surface area (Å²) in [5.41, 5.74) is 3.25. The van der Waals surface area contributed by atoms with Gasteiger partial charge in [-0.25, -0.2) is 0 Å². The summed E-state index contributed by atoms with van der Waals surface area (Å²) in [6.45, 7) is 8.47. The molecule has 0 saturated heterocycles. The lowest BCUT2D eigenvalue weighted by molar-refractivity contribution is -0.123. The van der Waals surface area contributed by atoms with Crippen molar-refractivity contribution >= 4 is 5.78 Å². The second-order valence-electron chi connectivity index (χ2n) is 5.03. The van der Waals surface area contributed by atoms with E-state index in [0.29, 0.717) is 17.6 Å². The summed E-state index contributed by atoms with van der Waals surface area (Å²) < 4.78 is 0. The Morgan fingerprint density at radius 2 is 2.08 bits per heavy atom. The van der Waals surface area contributed by atoms with Crippen molar-refractivity contribution in [3.8, 4) is 0 Å². The van der Waals surface area contributed by atoms with E-state index in [4.69, 9.17) is 0 Å². The standard InChI is InChI=1S/C12H18O/c1-7-8(2)12(4)6-10(7)5-11(12)9(3)13/h10-11H,5-6H2,1-4H3/t10-,11?,12?/m1/s1. The predicted octanol–water partition coefficient (Wildman–Crippen LogP) is 2.96. The highest BCUT2D eigenvalue weighted by molar-refractivity contribution is 5.80. The maximum absolute atomic E-state index is 11.5. The Hall–Kier alpha value is -0.590. The van der Waals surface area contributed by atoms with Gasteiger partial charge in [0, 0.05) is 5.92 Å². The largest absolute Gasteiger partial charge is 0.300 e. The summed E-state index contributed by atoms with van der Waals surface area (Å²) in [4.78, 5) is 11.5. The first kappa shape index (κ1) is 8.98. The third-order valence-electron chi connectivity index (χ3n) is 4.51. The van der Waals surface area contributed by atoms with Crippen LogP contribution in [0.3, 0.4) is 0 Å². The first-order valence-electron chi connectivity index (χ1n) is 5.15. The van der Waals surface area contributed by atoms with Gasteiger partial charge in [-0.15, -0.1) is 0 Å². The number of fused-ring (bicyclic) bond motifs is 2. The molecule has 0 aromatic heterocycles. The van der Waals surface area contributed by atoms with E-state index in [1.54, 1.807) is 12.5 Å². The smallest absolute Gasteiger partial charge is 0.133 e. The van der Waals surface area contributed by atoms with E-state index in [1.165, 1.54) is 12.0 Å². The second-order valence-corrected chi connectivity index (χ2v) is 5.03. The average Bonchev–Trinajstić information content (AvgIpc) is 2.49. The van der Waals surface area contributed by atoms with E-state index in [2.05, 4.69) is 20.8 Å². The van der Waals surface area contributed by atoms with Gasteiger partial charge in [0.05, 0.1) is 0 Å². The highest BCUT2D eigenvalue weighted by Gasteiger charge is 2.52. The van der Waals surface area contributed by atoms with Gasteiger partial charge >= 0.3 is 0 Å². The second kappa shape index (κ2) is 2.46. The van der Waals surface area contributed by atoms with Gasteiger partial charge < -0.3 is 0 Å². The number of Topliss-reactive ketones (excluding diaryl/α,β-unsaturated/α-hetero) is 1. The molecule has 0 heterocycles. The van der Waals surface area contributed by atoms with Gasteiger partial charge in [0.1, 0.15) is 5.78 Å². The highest BCUT2D eigenvalue weighted by Crippen LogP contribution is 2.60. The van der Waals surface area contributed by atoms with Crippen LogP contribution in [0.15, 0.2) is 11.1 Å². The molecule has 2 rings (SSSR count). The number of carbonyl (C=O) groups excluding carboxylic acids is 1. The first-order chi connectivity index (χ1) is 5.97. The molecule has 2 unspecified atom stereocenters. The van der Waals surface area contributed by atoms with Crippen LogP contribution in [0.5, 0.6) is 0 Å². The molecule has 2 aliphatic carbocycles. The van der Waals surface area contributed by atoms with Gasteiger partial charge in [0.25, 0.3) is 0 Å². The van der Waals surface area contributed by atoms with Crippen molar-refractivity contribution in [1.29, 1.82) is 0 Å². The molecule has 1 saturated carbocycles. The Labute approximate surface area is 80.2 Å².